The number of fused-ring (bicyclic) bond motifs is 1. The van der Waals surface area contributed by atoms with Gasteiger partial charge in [-0.2, -0.15) is 4.31 Å². The van der Waals surface area contributed by atoms with Crippen LogP contribution in [0, 0.1) is 0 Å². The van der Waals surface area contributed by atoms with Crippen LogP contribution >= 0.6 is 22.7 Å². The van der Waals surface area contributed by atoms with E-state index in [1.165, 1.54) is 22.6 Å². The zero-order valence-electron chi connectivity index (χ0n) is 15.4. The Labute approximate surface area is 175 Å². The van der Waals surface area contributed by atoms with Crippen molar-refractivity contribution in [3.63, 3.8) is 0 Å². The van der Waals surface area contributed by atoms with Crippen molar-refractivity contribution in [3.8, 4) is 0 Å². The van der Waals surface area contributed by atoms with Crippen LogP contribution in [0.2, 0.25) is 0 Å². The lowest BCUT2D eigenvalue weighted by atomic mass is 10.2. The highest BCUT2D eigenvalue weighted by molar-refractivity contribution is 7.91. The van der Waals surface area contributed by atoms with Crippen LogP contribution < -0.4 is 10.6 Å². The molecule has 29 heavy (non-hydrogen) atoms. The molecule has 1 unspecified atom stereocenters. The van der Waals surface area contributed by atoms with Crippen LogP contribution in [-0.4, -0.2) is 42.1 Å². The highest BCUT2D eigenvalue weighted by Crippen LogP contribution is 2.31. The minimum absolute atomic E-state index is 0.171. The molecule has 1 saturated heterocycles. The molecule has 1 aliphatic rings. The Morgan fingerprint density at radius 3 is 2.79 bits per heavy atom. The second kappa shape index (κ2) is 7.82. The molecular formula is C18H18N4O4S3. The SMILES string of the molecule is CC(=O)Nc1ccc2nc(NC(=O)C3CCCN3S(=O)(=O)c3cccs3)sc2c1. The number of thiazole rings is 1. The van der Waals surface area contributed by atoms with Gasteiger partial charge in [-0.15, -0.1) is 11.3 Å². The Balaban J connectivity index is 1.53. The molecule has 2 N–H and O–H groups in total. The molecule has 0 aliphatic carbocycles. The predicted octanol–water partition coefficient (Wildman–Crippen LogP) is 3.11. The summed E-state index contributed by atoms with van der Waals surface area (Å²) in [7, 11) is -3.69. The number of hydrogen-bond donors (Lipinski definition) is 2. The summed E-state index contributed by atoms with van der Waals surface area (Å²) in [4.78, 5) is 28.4. The van der Waals surface area contributed by atoms with Crippen LogP contribution in [0.5, 0.6) is 0 Å². The van der Waals surface area contributed by atoms with Crippen molar-refractivity contribution in [3.05, 3.63) is 35.7 Å². The summed E-state index contributed by atoms with van der Waals surface area (Å²) in [6.07, 6.45) is 1.09. The van der Waals surface area contributed by atoms with Gasteiger partial charge in [0.15, 0.2) is 5.13 Å². The molecule has 11 heteroatoms. The molecule has 1 aromatic carbocycles. The summed E-state index contributed by atoms with van der Waals surface area (Å²) in [5, 5.41) is 7.56. The minimum Gasteiger partial charge on any atom is -0.326 e. The maximum Gasteiger partial charge on any atom is 0.253 e. The van der Waals surface area contributed by atoms with Crippen molar-refractivity contribution in [1.29, 1.82) is 0 Å². The number of amides is 2. The van der Waals surface area contributed by atoms with Crippen molar-refractivity contribution in [2.24, 2.45) is 0 Å². The van der Waals surface area contributed by atoms with E-state index in [9.17, 15) is 18.0 Å². The molecule has 8 nitrogen and oxygen atoms in total. The fourth-order valence-corrected chi connectivity index (χ4v) is 6.95. The van der Waals surface area contributed by atoms with Crippen molar-refractivity contribution in [1.82, 2.24) is 9.29 Å². The number of benzene rings is 1. The van der Waals surface area contributed by atoms with Crippen molar-refractivity contribution >= 4 is 65.5 Å². The number of hydrogen-bond acceptors (Lipinski definition) is 7. The van der Waals surface area contributed by atoms with E-state index >= 15 is 0 Å². The van der Waals surface area contributed by atoms with Gasteiger partial charge in [-0.05, 0) is 42.5 Å². The van der Waals surface area contributed by atoms with E-state index in [1.54, 1.807) is 35.7 Å². The maximum atomic E-state index is 12.8. The summed E-state index contributed by atoms with van der Waals surface area (Å²) in [6, 6.07) is 7.75. The highest BCUT2D eigenvalue weighted by Gasteiger charge is 2.40. The molecule has 1 fully saturated rings. The lowest BCUT2D eigenvalue weighted by molar-refractivity contribution is -0.119. The molecule has 3 heterocycles. The minimum atomic E-state index is -3.69. The van der Waals surface area contributed by atoms with Crippen LogP contribution in [0.3, 0.4) is 0 Å². The zero-order chi connectivity index (χ0) is 20.6. The molecule has 0 radical (unpaired) electrons. The van der Waals surface area contributed by atoms with Crippen molar-refractivity contribution in [2.45, 2.75) is 30.0 Å². The average Bonchev–Trinajstić information content (AvgIpc) is 3.40. The molecular weight excluding hydrogens is 432 g/mol. The first-order valence-corrected chi connectivity index (χ1v) is 12.0. The van der Waals surface area contributed by atoms with Gasteiger partial charge in [0.1, 0.15) is 10.3 Å². The van der Waals surface area contributed by atoms with E-state index in [0.29, 0.717) is 35.7 Å². The molecule has 152 valence electrons. The fourth-order valence-electron chi connectivity index (χ4n) is 3.26. The van der Waals surface area contributed by atoms with Crippen LogP contribution in [0.15, 0.2) is 39.9 Å². The lowest BCUT2D eigenvalue weighted by Gasteiger charge is -2.22. The van der Waals surface area contributed by atoms with E-state index < -0.39 is 16.1 Å². The molecule has 0 saturated carbocycles. The van der Waals surface area contributed by atoms with E-state index in [-0.39, 0.29) is 16.0 Å². The molecule has 2 amide bonds. The largest absolute Gasteiger partial charge is 0.326 e. The van der Waals surface area contributed by atoms with Crippen LogP contribution in [0.25, 0.3) is 10.2 Å². The smallest absolute Gasteiger partial charge is 0.253 e. The zero-order valence-corrected chi connectivity index (χ0v) is 17.9. The van der Waals surface area contributed by atoms with Crippen molar-refractivity contribution in [2.75, 3.05) is 17.2 Å². The molecule has 4 rings (SSSR count). The van der Waals surface area contributed by atoms with Gasteiger partial charge in [-0.3, -0.25) is 9.59 Å². The Hall–Kier alpha value is -2.34. The number of nitrogens with zero attached hydrogens (tertiary/aromatic N) is 2. The quantitative estimate of drug-likeness (QED) is 0.621. The number of thiophene rings is 1. The number of carbonyl (C=O) groups is 2. The van der Waals surface area contributed by atoms with Crippen LogP contribution in [-0.2, 0) is 19.6 Å². The van der Waals surface area contributed by atoms with Crippen LogP contribution in [0.1, 0.15) is 19.8 Å². The first-order chi connectivity index (χ1) is 13.8. The fraction of sp³-hybridized carbons (Fsp3) is 0.278. The number of anilines is 2. The Morgan fingerprint density at radius 2 is 2.07 bits per heavy atom. The third kappa shape index (κ3) is 4.04. The molecule has 2 aromatic heterocycles. The van der Waals surface area contributed by atoms with Gasteiger partial charge < -0.3 is 10.6 Å². The van der Waals surface area contributed by atoms with E-state index in [1.807, 2.05) is 0 Å². The normalized spacial score (nSPS) is 17.5. The summed E-state index contributed by atoms with van der Waals surface area (Å²) in [6.45, 7) is 1.75. The highest BCUT2D eigenvalue weighted by atomic mass is 32.2. The molecule has 0 bridgehead atoms. The second-order valence-electron chi connectivity index (χ2n) is 6.58. The number of aromatic nitrogens is 1. The van der Waals surface area contributed by atoms with Gasteiger partial charge in [0, 0.05) is 19.2 Å². The third-order valence-electron chi connectivity index (χ3n) is 4.50. The lowest BCUT2D eigenvalue weighted by Crippen LogP contribution is -2.42. The topological polar surface area (TPSA) is 108 Å². The molecule has 1 aliphatic heterocycles. The van der Waals surface area contributed by atoms with Crippen LogP contribution in [0.4, 0.5) is 10.8 Å². The van der Waals surface area contributed by atoms with Gasteiger partial charge in [0.25, 0.3) is 10.0 Å². The van der Waals surface area contributed by atoms with Gasteiger partial charge in [0.05, 0.1) is 10.2 Å². The number of rotatable bonds is 5. The average molecular weight is 451 g/mol. The summed E-state index contributed by atoms with van der Waals surface area (Å²) in [5.74, 6) is -0.556. The molecule has 3 aromatic rings. The first-order valence-electron chi connectivity index (χ1n) is 8.89. The Morgan fingerprint density at radius 1 is 1.24 bits per heavy atom. The Bertz CT molecular complexity index is 1170. The van der Waals surface area contributed by atoms with E-state index in [4.69, 9.17) is 0 Å². The third-order valence-corrected chi connectivity index (χ3v) is 8.72. The molecule has 0 spiro atoms. The summed E-state index contributed by atoms with van der Waals surface area (Å²) >= 11 is 2.41. The number of carbonyl (C=O) groups excluding carboxylic acids is 2. The second-order valence-corrected chi connectivity index (χ2v) is 10.7. The van der Waals surface area contributed by atoms with Crippen molar-refractivity contribution < 1.29 is 18.0 Å². The van der Waals surface area contributed by atoms with Gasteiger partial charge in [-0.1, -0.05) is 17.4 Å². The van der Waals surface area contributed by atoms with Gasteiger partial charge in [-0.25, -0.2) is 13.4 Å². The Kier molecular flexibility index (Phi) is 5.38. The number of nitrogens with one attached hydrogen (secondary N) is 2. The van der Waals surface area contributed by atoms with Gasteiger partial charge >= 0.3 is 0 Å². The molecule has 1 atom stereocenters. The monoisotopic (exact) mass is 450 g/mol. The predicted molar refractivity (Wildman–Crippen MR) is 114 cm³/mol. The summed E-state index contributed by atoms with van der Waals surface area (Å²) in [5.41, 5.74) is 1.34. The van der Waals surface area contributed by atoms with E-state index in [2.05, 4.69) is 15.6 Å². The number of sulfonamides is 1. The summed E-state index contributed by atoms with van der Waals surface area (Å²) < 4.78 is 28.0. The van der Waals surface area contributed by atoms with Gasteiger partial charge in [0.2, 0.25) is 11.8 Å². The first kappa shape index (κ1) is 20.0. The standard InChI is InChI=1S/C18H18N4O4S3/c1-11(23)19-12-6-7-13-15(10-12)28-18(20-13)21-17(24)14-4-2-8-22(14)29(25,26)16-5-3-9-27-16/h3,5-7,9-10,14H,2,4,8H2,1H3,(H,19,23)(H,20,21,24). The maximum absolute atomic E-state index is 12.8. The van der Waals surface area contributed by atoms with E-state index in [0.717, 1.165) is 16.0 Å².